The molecule has 0 saturated carbocycles. The van der Waals surface area contributed by atoms with Gasteiger partial charge in [-0.15, -0.1) is 0 Å². The molecule has 2 aromatic carbocycles. The van der Waals surface area contributed by atoms with Gasteiger partial charge in [-0.1, -0.05) is 42.5 Å². The molecule has 0 aliphatic carbocycles. The zero-order chi connectivity index (χ0) is 28.5. The number of hydrogen-bond donors (Lipinski definition) is 6. The number of carbonyl (C=O) groups excluding carboxylic acids is 3. The van der Waals surface area contributed by atoms with Crippen LogP contribution in [-0.4, -0.2) is 80.6 Å². The van der Waals surface area contributed by atoms with Crippen LogP contribution in [-0.2, 0) is 36.8 Å². The van der Waals surface area contributed by atoms with Crippen molar-refractivity contribution in [3.63, 3.8) is 0 Å². The molecule has 3 amide bonds. The van der Waals surface area contributed by atoms with Crippen molar-refractivity contribution in [2.45, 2.75) is 56.3 Å². The first kappa shape index (κ1) is 29.1. The predicted octanol–water partition coefficient (Wildman–Crippen LogP) is 0.0246. The van der Waals surface area contributed by atoms with Crippen LogP contribution in [0.15, 0.2) is 54.6 Å². The Morgan fingerprint density at radius 3 is 2.13 bits per heavy atom. The third kappa shape index (κ3) is 8.27. The van der Waals surface area contributed by atoms with Crippen molar-refractivity contribution < 1.29 is 39.3 Å². The lowest BCUT2D eigenvalue weighted by Gasteiger charge is -2.30. The molecule has 4 atom stereocenters. The highest BCUT2D eigenvalue weighted by molar-refractivity contribution is 5.95. The van der Waals surface area contributed by atoms with E-state index in [2.05, 4.69) is 10.6 Å². The lowest BCUT2D eigenvalue weighted by molar-refractivity contribution is -0.145. The van der Waals surface area contributed by atoms with Gasteiger partial charge in [0.15, 0.2) is 0 Å². The number of carboxylic acids is 2. The number of benzene rings is 2. The van der Waals surface area contributed by atoms with Crippen molar-refractivity contribution in [3.05, 3.63) is 65.7 Å². The predicted molar refractivity (Wildman–Crippen MR) is 138 cm³/mol. The van der Waals surface area contributed by atoms with Crippen LogP contribution >= 0.6 is 0 Å². The maximum Gasteiger partial charge on any atom is 0.326 e. The Balaban J connectivity index is 1.75. The molecule has 2 aromatic rings. The van der Waals surface area contributed by atoms with E-state index in [-0.39, 0.29) is 25.1 Å². The second-order valence-corrected chi connectivity index (χ2v) is 9.41. The molecule has 1 fully saturated rings. The van der Waals surface area contributed by atoms with Crippen LogP contribution in [0.2, 0.25) is 0 Å². The van der Waals surface area contributed by atoms with Crippen LogP contribution in [0.1, 0.15) is 30.4 Å². The van der Waals surface area contributed by atoms with E-state index in [1.807, 2.05) is 0 Å². The second-order valence-electron chi connectivity index (χ2n) is 9.41. The first-order chi connectivity index (χ1) is 18.5. The van der Waals surface area contributed by atoms with Crippen LogP contribution in [0.25, 0.3) is 0 Å². The lowest BCUT2D eigenvalue weighted by atomic mass is 10.0. The second kappa shape index (κ2) is 13.4. The number of rotatable bonds is 12. The minimum Gasteiger partial charge on any atom is -0.508 e. The van der Waals surface area contributed by atoms with Crippen molar-refractivity contribution in [1.29, 1.82) is 0 Å². The summed E-state index contributed by atoms with van der Waals surface area (Å²) < 4.78 is 0. The highest BCUT2D eigenvalue weighted by Gasteiger charge is 2.39. The number of aromatic hydroxyl groups is 1. The molecular formula is C27H32N4O8. The molecule has 0 radical (unpaired) electrons. The molecule has 4 unspecified atom stereocenters. The van der Waals surface area contributed by atoms with Gasteiger partial charge in [0.05, 0.1) is 12.5 Å². The third-order valence-electron chi connectivity index (χ3n) is 6.46. The zero-order valence-corrected chi connectivity index (χ0v) is 21.2. The van der Waals surface area contributed by atoms with E-state index in [4.69, 9.17) is 10.8 Å². The number of nitrogens with one attached hydrogen (secondary N) is 2. The lowest BCUT2D eigenvalue weighted by Crippen LogP contribution is -2.57. The van der Waals surface area contributed by atoms with E-state index in [1.54, 1.807) is 42.5 Å². The molecule has 1 aliphatic rings. The van der Waals surface area contributed by atoms with Gasteiger partial charge in [0.1, 0.15) is 23.9 Å². The number of phenolic OH excluding ortho intramolecular Hbond substituents is 1. The molecule has 0 bridgehead atoms. The summed E-state index contributed by atoms with van der Waals surface area (Å²) in [7, 11) is 0. The summed E-state index contributed by atoms with van der Waals surface area (Å²) in [5, 5.41) is 33.1. The maximum atomic E-state index is 13.6. The first-order valence-corrected chi connectivity index (χ1v) is 12.5. The van der Waals surface area contributed by atoms with Gasteiger partial charge >= 0.3 is 11.9 Å². The average molecular weight is 541 g/mol. The Kier molecular flexibility index (Phi) is 9.98. The molecule has 1 saturated heterocycles. The van der Waals surface area contributed by atoms with Crippen LogP contribution in [0.3, 0.4) is 0 Å². The summed E-state index contributed by atoms with van der Waals surface area (Å²) in [6.07, 6.45) is 0.215. The van der Waals surface area contributed by atoms with Gasteiger partial charge in [0.25, 0.3) is 0 Å². The zero-order valence-electron chi connectivity index (χ0n) is 21.2. The van der Waals surface area contributed by atoms with E-state index in [0.29, 0.717) is 18.4 Å². The van der Waals surface area contributed by atoms with Crippen LogP contribution in [0.4, 0.5) is 0 Å². The smallest absolute Gasteiger partial charge is 0.326 e. The molecule has 208 valence electrons. The Labute approximate surface area is 224 Å². The average Bonchev–Trinajstić information content (AvgIpc) is 3.39. The first-order valence-electron chi connectivity index (χ1n) is 12.5. The van der Waals surface area contributed by atoms with Crippen LogP contribution in [0, 0.1) is 0 Å². The van der Waals surface area contributed by atoms with Gasteiger partial charge in [-0.3, -0.25) is 19.2 Å². The van der Waals surface area contributed by atoms with Crippen molar-refractivity contribution in [3.8, 4) is 5.75 Å². The Hall–Kier alpha value is -4.45. The fourth-order valence-corrected chi connectivity index (χ4v) is 4.45. The fourth-order valence-electron chi connectivity index (χ4n) is 4.45. The van der Waals surface area contributed by atoms with E-state index in [1.165, 1.54) is 17.0 Å². The van der Waals surface area contributed by atoms with Crippen molar-refractivity contribution in [1.82, 2.24) is 15.5 Å². The molecule has 39 heavy (non-hydrogen) atoms. The van der Waals surface area contributed by atoms with Gasteiger partial charge in [-0.05, 0) is 36.1 Å². The monoisotopic (exact) mass is 540 g/mol. The Bertz CT molecular complexity index is 1190. The number of carboxylic acid groups (broad SMARTS) is 2. The largest absolute Gasteiger partial charge is 0.508 e. The number of hydrogen-bond acceptors (Lipinski definition) is 7. The number of carbonyl (C=O) groups is 5. The summed E-state index contributed by atoms with van der Waals surface area (Å²) in [6, 6.07) is 10.1. The minimum atomic E-state index is -1.37. The Morgan fingerprint density at radius 2 is 1.51 bits per heavy atom. The van der Waals surface area contributed by atoms with Crippen molar-refractivity contribution in [2.24, 2.45) is 5.73 Å². The van der Waals surface area contributed by atoms with E-state index in [0.717, 1.165) is 5.56 Å². The number of nitrogens with two attached hydrogens (primary N) is 1. The van der Waals surface area contributed by atoms with Crippen LogP contribution < -0.4 is 16.4 Å². The van der Waals surface area contributed by atoms with Gasteiger partial charge in [0.2, 0.25) is 17.7 Å². The van der Waals surface area contributed by atoms with Gasteiger partial charge < -0.3 is 36.6 Å². The number of aliphatic carboxylic acids is 2. The summed E-state index contributed by atoms with van der Waals surface area (Å²) in [5.74, 6) is -4.51. The molecule has 12 nitrogen and oxygen atoms in total. The number of likely N-dealkylation sites (tertiary alicyclic amines) is 1. The molecule has 1 aliphatic heterocycles. The van der Waals surface area contributed by atoms with Crippen molar-refractivity contribution >= 4 is 29.7 Å². The topological polar surface area (TPSA) is 199 Å². The molecule has 1 heterocycles. The SMILES string of the molecule is NC(CC(=O)O)C(=O)NC(Cc1ccccc1)C(=O)N1CCCC1C(=O)NC(Cc1ccc(O)cc1)C(=O)O. The summed E-state index contributed by atoms with van der Waals surface area (Å²) >= 11 is 0. The minimum absolute atomic E-state index is 0.0239. The molecule has 12 heteroatoms. The van der Waals surface area contributed by atoms with E-state index >= 15 is 0 Å². The molecule has 0 aromatic heterocycles. The molecule has 3 rings (SSSR count). The molecule has 7 N–H and O–H groups in total. The van der Waals surface area contributed by atoms with Gasteiger partial charge in [-0.25, -0.2) is 4.79 Å². The number of phenols is 1. The normalized spacial score (nSPS) is 17.1. The fraction of sp³-hybridized carbons (Fsp3) is 0.370. The maximum absolute atomic E-state index is 13.6. The van der Waals surface area contributed by atoms with E-state index in [9.17, 15) is 34.2 Å². The van der Waals surface area contributed by atoms with E-state index < -0.39 is 60.2 Å². The van der Waals surface area contributed by atoms with Crippen LogP contribution in [0.5, 0.6) is 5.75 Å². The molecular weight excluding hydrogens is 508 g/mol. The summed E-state index contributed by atoms with van der Waals surface area (Å²) in [5.41, 5.74) is 7.00. The highest BCUT2D eigenvalue weighted by Crippen LogP contribution is 2.21. The summed E-state index contributed by atoms with van der Waals surface area (Å²) in [6.45, 7) is 0.217. The Morgan fingerprint density at radius 1 is 0.897 bits per heavy atom. The third-order valence-corrected chi connectivity index (χ3v) is 6.46. The number of nitrogens with zero attached hydrogens (tertiary/aromatic N) is 1. The highest BCUT2D eigenvalue weighted by atomic mass is 16.4. The van der Waals surface area contributed by atoms with Gasteiger partial charge in [0, 0.05) is 19.4 Å². The standard InChI is InChI=1S/C27H32N4O8/c28-19(15-23(33)34)24(35)29-20(13-16-5-2-1-3-6-16)26(37)31-12-4-7-22(31)25(36)30-21(27(38)39)14-17-8-10-18(32)11-9-17/h1-3,5-6,8-11,19-22,32H,4,7,12-15,28H2,(H,29,35)(H,30,36)(H,33,34)(H,38,39). The quantitative estimate of drug-likeness (QED) is 0.215. The van der Waals surface area contributed by atoms with Gasteiger partial charge in [-0.2, -0.15) is 0 Å². The number of amides is 3. The van der Waals surface area contributed by atoms with Crippen molar-refractivity contribution in [2.75, 3.05) is 6.54 Å². The summed E-state index contributed by atoms with van der Waals surface area (Å²) in [4.78, 5) is 63.6. The molecule has 0 spiro atoms.